The summed E-state index contributed by atoms with van der Waals surface area (Å²) in [4.78, 5) is 25.8. The second-order valence-corrected chi connectivity index (χ2v) is 8.31. The lowest BCUT2D eigenvalue weighted by Gasteiger charge is -2.14. The summed E-state index contributed by atoms with van der Waals surface area (Å²) in [6, 6.07) is 7.12. The quantitative estimate of drug-likeness (QED) is 0.409. The number of pyridine rings is 3. The highest BCUT2D eigenvalue weighted by atomic mass is 35.5. The fraction of sp³-hybridized carbons (Fsp3) is 0.182. The lowest BCUT2D eigenvalue weighted by atomic mass is 9.99. The van der Waals surface area contributed by atoms with Crippen molar-refractivity contribution in [3.8, 4) is 22.1 Å². The molecule has 0 aliphatic carbocycles. The van der Waals surface area contributed by atoms with Crippen LogP contribution in [0.4, 0.5) is 5.13 Å². The first-order valence-corrected chi connectivity index (χ1v) is 11.0. The molecule has 4 heterocycles. The van der Waals surface area contributed by atoms with Crippen molar-refractivity contribution in [3.63, 3.8) is 0 Å². The van der Waals surface area contributed by atoms with Gasteiger partial charge in [0.05, 0.1) is 29.1 Å². The van der Waals surface area contributed by atoms with Crippen LogP contribution in [0.25, 0.3) is 11.1 Å². The number of rotatable bonds is 7. The SMILES string of the molecule is COc1c(-c2cc(C)ncc2C(=O)Nc2nnc(OCc3ccc(Cl)cn3)s2)ccnc1C. The molecule has 0 aliphatic rings. The predicted octanol–water partition coefficient (Wildman–Crippen LogP) is 4.50. The molecule has 0 bridgehead atoms. The van der Waals surface area contributed by atoms with Crippen LogP contribution in [0.5, 0.6) is 10.9 Å². The molecular weight excluding hydrogens is 464 g/mol. The van der Waals surface area contributed by atoms with Gasteiger partial charge in [-0.1, -0.05) is 16.7 Å². The molecule has 9 nitrogen and oxygen atoms in total. The first kappa shape index (κ1) is 22.6. The number of amides is 1. The van der Waals surface area contributed by atoms with Gasteiger partial charge in [-0.25, -0.2) is 0 Å². The van der Waals surface area contributed by atoms with Gasteiger partial charge in [-0.15, -0.1) is 5.10 Å². The summed E-state index contributed by atoms with van der Waals surface area (Å²) in [7, 11) is 1.57. The Morgan fingerprint density at radius 2 is 1.94 bits per heavy atom. The standard InChI is InChI=1S/C22H19ClN6O3S/c1-12-8-17(16-6-7-24-13(2)19(16)31-3)18(10-25-12)20(30)27-21-28-29-22(33-21)32-11-15-5-4-14(23)9-26-15/h4-10H,11H2,1-3H3,(H,27,28,30). The molecule has 33 heavy (non-hydrogen) atoms. The monoisotopic (exact) mass is 482 g/mol. The summed E-state index contributed by atoms with van der Waals surface area (Å²) in [5.41, 5.74) is 3.97. The fourth-order valence-electron chi connectivity index (χ4n) is 3.10. The third-order valence-corrected chi connectivity index (χ3v) is 5.60. The predicted molar refractivity (Wildman–Crippen MR) is 125 cm³/mol. The van der Waals surface area contributed by atoms with Gasteiger partial charge < -0.3 is 9.47 Å². The van der Waals surface area contributed by atoms with Crippen LogP contribution in [-0.4, -0.2) is 38.2 Å². The molecule has 0 atom stereocenters. The summed E-state index contributed by atoms with van der Waals surface area (Å²) >= 11 is 6.94. The first-order chi connectivity index (χ1) is 15.9. The van der Waals surface area contributed by atoms with Crippen molar-refractivity contribution in [2.45, 2.75) is 20.5 Å². The zero-order chi connectivity index (χ0) is 23.4. The van der Waals surface area contributed by atoms with Gasteiger partial charge in [0.1, 0.15) is 12.4 Å². The number of hydrogen-bond acceptors (Lipinski definition) is 9. The van der Waals surface area contributed by atoms with Crippen LogP contribution in [-0.2, 0) is 6.61 Å². The highest BCUT2D eigenvalue weighted by Crippen LogP contribution is 2.34. The average molecular weight is 483 g/mol. The molecule has 11 heteroatoms. The minimum Gasteiger partial charge on any atom is -0.494 e. The highest BCUT2D eigenvalue weighted by molar-refractivity contribution is 7.17. The molecular formula is C22H19ClN6O3S. The van der Waals surface area contributed by atoms with Crippen LogP contribution >= 0.6 is 22.9 Å². The van der Waals surface area contributed by atoms with E-state index in [0.717, 1.165) is 28.3 Å². The van der Waals surface area contributed by atoms with E-state index < -0.39 is 0 Å². The summed E-state index contributed by atoms with van der Waals surface area (Å²) in [5, 5.41) is 11.9. The van der Waals surface area contributed by atoms with Crippen LogP contribution in [0.1, 0.15) is 27.4 Å². The molecule has 0 fully saturated rings. The van der Waals surface area contributed by atoms with E-state index in [1.807, 2.05) is 19.9 Å². The number of ether oxygens (including phenoxy) is 2. The Morgan fingerprint density at radius 1 is 1.09 bits per heavy atom. The first-order valence-electron chi connectivity index (χ1n) is 9.79. The number of aromatic nitrogens is 5. The maximum atomic E-state index is 13.1. The third kappa shape index (κ3) is 5.24. The molecule has 4 rings (SSSR count). The molecule has 1 amide bonds. The minimum absolute atomic E-state index is 0.201. The Hall–Kier alpha value is -3.63. The van der Waals surface area contributed by atoms with E-state index in [9.17, 15) is 4.79 Å². The Morgan fingerprint density at radius 3 is 2.70 bits per heavy atom. The number of hydrogen-bond donors (Lipinski definition) is 1. The van der Waals surface area contributed by atoms with Crippen molar-refractivity contribution in [1.29, 1.82) is 0 Å². The molecule has 0 saturated carbocycles. The van der Waals surface area contributed by atoms with Gasteiger partial charge >= 0.3 is 0 Å². The minimum atomic E-state index is -0.379. The highest BCUT2D eigenvalue weighted by Gasteiger charge is 2.20. The van der Waals surface area contributed by atoms with Crippen molar-refractivity contribution < 1.29 is 14.3 Å². The van der Waals surface area contributed by atoms with E-state index in [2.05, 4.69) is 30.5 Å². The van der Waals surface area contributed by atoms with Crippen molar-refractivity contribution in [1.82, 2.24) is 25.1 Å². The van der Waals surface area contributed by atoms with Gasteiger partial charge in [0.2, 0.25) is 5.13 Å². The molecule has 4 aromatic rings. The third-order valence-electron chi connectivity index (χ3n) is 4.62. The van der Waals surface area contributed by atoms with Gasteiger partial charge in [-0.2, -0.15) is 0 Å². The Bertz CT molecular complexity index is 1300. The van der Waals surface area contributed by atoms with Crippen molar-refractivity contribution >= 4 is 34.0 Å². The van der Waals surface area contributed by atoms with E-state index in [0.29, 0.717) is 37.9 Å². The smallest absolute Gasteiger partial charge is 0.296 e. The van der Waals surface area contributed by atoms with Crippen molar-refractivity contribution in [3.05, 3.63) is 70.5 Å². The van der Waals surface area contributed by atoms with E-state index in [4.69, 9.17) is 21.1 Å². The van der Waals surface area contributed by atoms with Crippen LogP contribution in [0.2, 0.25) is 5.02 Å². The summed E-state index contributed by atoms with van der Waals surface area (Å²) in [6.07, 6.45) is 4.74. The van der Waals surface area contributed by atoms with E-state index in [1.165, 1.54) is 6.20 Å². The number of carbonyl (C=O) groups excluding carboxylic acids is 1. The number of halogens is 1. The fourth-order valence-corrected chi connectivity index (χ4v) is 3.80. The number of nitrogens with one attached hydrogen (secondary N) is 1. The van der Waals surface area contributed by atoms with Crippen LogP contribution in [0.3, 0.4) is 0 Å². The van der Waals surface area contributed by atoms with Crippen LogP contribution < -0.4 is 14.8 Å². The average Bonchev–Trinajstić information content (AvgIpc) is 3.25. The van der Waals surface area contributed by atoms with E-state index >= 15 is 0 Å². The number of anilines is 1. The molecule has 168 valence electrons. The Kier molecular flexibility index (Phi) is 6.76. The molecule has 0 aliphatic heterocycles. The van der Waals surface area contributed by atoms with Crippen LogP contribution in [0.15, 0.2) is 42.9 Å². The van der Waals surface area contributed by atoms with Gasteiger partial charge in [0.15, 0.2) is 0 Å². The van der Waals surface area contributed by atoms with Crippen molar-refractivity contribution in [2.24, 2.45) is 0 Å². The summed E-state index contributed by atoms with van der Waals surface area (Å²) in [5.74, 6) is 0.218. The van der Waals surface area contributed by atoms with Crippen LogP contribution in [0, 0.1) is 13.8 Å². The van der Waals surface area contributed by atoms with Gasteiger partial charge in [-0.3, -0.25) is 25.1 Å². The molecule has 0 saturated heterocycles. The van der Waals surface area contributed by atoms with Gasteiger partial charge in [-0.05, 0) is 49.4 Å². The topological polar surface area (TPSA) is 112 Å². The summed E-state index contributed by atoms with van der Waals surface area (Å²) in [6.45, 7) is 3.90. The lowest BCUT2D eigenvalue weighted by Crippen LogP contribution is -2.14. The Labute approximate surface area is 198 Å². The van der Waals surface area contributed by atoms with Gasteiger partial charge in [0.25, 0.3) is 11.1 Å². The molecule has 0 spiro atoms. The summed E-state index contributed by atoms with van der Waals surface area (Å²) < 4.78 is 11.1. The Balaban J connectivity index is 1.53. The second-order valence-electron chi connectivity index (χ2n) is 6.93. The largest absolute Gasteiger partial charge is 0.494 e. The maximum Gasteiger partial charge on any atom is 0.296 e. The molecule has 0 aromatic carbocycles. The number of nitrogens with zero attached hydrogens (tertiary/aromatic N) is 5. The van der Waals surface area contributed by atoms with E-state index in [1.54, 1.807) is 37.7 Å². The molecule has 1 N–H and O–H groups in total. The lowest BCUT2D eigenvalue weighted by molar-refractivity contribution is 0.102. The van der Waals surface area contributed by atoms with E-state index in [-0.39, 0.29) is 12.5 Å². The normalized spacial score (nSPS) is 10.7. The number of methoxy groups -OCH3 is 1. The second kappa shape index (κ2) is 9.88. The zero-order valence-electron chi connectivity index (χ0n) is 18.0. The zero-order valence-corrected chi connectivity index (χ0v) is 19.6. The molecule has 0 unspecified atom stereocenters. The number of carbonyl (C=O) groups is 1. The molecule has 0 radical (unpaired) electrons. The number of aryl methyl sites for hydroxylation is 2. The van der Waals surface area contributed by atoms with Gasteiger partial charge in [0, 0.05) is 35.4 Å². The molecule has 4 aromatic heterocycles. The van der Waals surface area contributed by atoms with Crippen molar-refractivity contribution in [2.75, 3.05) is 12.4 Å². The maximum absolute atomic E-state index is 13.1.